The molecule has 5 rings (SSSR count). The highest BCUT2D eigenvalue weighted by Crippen LogP contribution is 2.30. The number of hydrogen-bond acceptors (Lipinski definition) is 4. The highest BCUT2D eigenvalue weighted by Gasteiger charge is 2.38. The highest BCUT2D eigenvalue weighted by molar-refractivity contribution is 5.95. The molecule has 8 heteroatoms. The van der Waals surface area contributed by atoms with E-state index in [2.05, 4.69) is 10.3 Å². The molecule has 0 spiro atoms. The minimum atomic E-state index is -1.05. The van der Waals surface area contributed by atoms with E-state index >= 15 is 0 Å². The van der Waals surface area contributed by atoms with Crippen LogP contribution < -0.4 is 5.32 Å². The summed E-state index contributed by atoms with van der Waals surface area (Å²) in [7, 11) is 0. The summed E-state index contributed by atoms with van der Waals surface area (Å²) in [5.41, 5.74) is 5.06. The summed E-state index contributed by atoms with van der Waals surface area (Å²) < 4.78 is 0. The van der Waals surface area contributed by atoms with Crippen LogP contribution >= 0.6 is 0 Å². The number of nitrogens with one attached hydrogen (secondary N) is 2. The summed E-state index contributed by atoms with van der Waals surface area (Å²) in [4.78, 5) is 54.8. The molecule has 1 fully saturated rings. The molecule has 40 heavy (non-hydrogen) atoms. The van der Waals surface area contributed by atoms with E-state index in [1.807, 2.05) is 54.6 Å². The summed E-state index contributed by atoms with van der Waals surface area (Å²) in [6.07, 6.45) is 1.15. The molecule has 1 saturated heterocycles. The van der Waals surface area contributed by atoms with Crippen LogP contribution in [-0.4, -0.2) is 51.1 Å². The maximum Gasteiger partial charge on any atom is 0.304 e. The van der Waals surface area contributed by atoms with Crippen LogP contribution in [0.1, 0.15) is 43.2 Å². The summed E-state index contributed by atoms with van der Waals surface area (Å²) in [6, 6.07) is 23.8. The molecule has 3 N–H and O–H groups in total. The number of carbonyl (C=O) groups is 4. The maximum absolute atomic E-state index is 13.5. The number of carboxylic acids is 1. The topological polar surface area (TPSA) is 120 Å². The van der Waals surface area contributed by atoms with Crippen LogP contribution in [0.25, 0.3) is 22.2 Å². The van der Waals surface area contributed by atoms with Gasteiger partial charge < -0.3 is 20.3 Å². The SMILES string of the molecule is CC(=O)Nc1ccc(-c2cc3cc(CC(=O)[C@@H]4CCCN4C(=O)[C@H](CC(=O)O)c4ccccc4)ccc3[nH]2)cc1. The van der Waals surface area contributed by atoms with Crippen molar-refractivity contribution >= 4 is 40.2 Å². The Morgan fingerprint density at radius 1 is 1.00 bits per heavy atom. The number of benzene rings is 3. The Balaban J connectivity index is 1.31. The van der Waals surface area contributed by atoms with Gasteiger partial charge >= 0.3 is 5.97 Å². The third-order valence-corrected chi connectivity index (χ3v) is 7.37. The predicted octanol–water partition coefficient (Wildman–Crippen LogP) is 5.15. The van der Waals surface area contributed by atoms with E-state index in [-0.39, 0.29) is 30.4 Å². The first kappa shape index (κ1) is 26.9. The Kier molecular flexibility index (Phi) is 7.77. The van der Waals surface area contributed by atoms with Crippen LogP contribution in [0.15, 0.2) is 78.9 Å². The van der Waals surface area contributed by atoms with Gasteiger partial charge in [0, 0.05) is 42.2 Å². The Hall–Kier alpha value is -4.72. The molecule has 2 atom stereocenters. The van der Waals surface area contributed by atoms with E-state index in [4.69, 9.17) is 0 Å². The van der Waals surface area contributed by atoms with Crippen molar-refractivity contribution in [3.63, 3.8) is 0 Å². The summed E-state index contributed by atoms with van der Waals surface area (Å²) >= 11 is 0. The van der Waals surface area contributed by atoms with Gasteiger partial charge in [-0.1, -0.05) is 48.5 Å². The van der Waals surface area contributed by atoms with Crippen molar-refractivity contribution < 1.29 is 24.3 Å². The molecule has 3 aromatic carbocycles. The molecule has 4 aromatic rings. The molecule has 204 valence electrons. The average Bonchev–Trinajstić information content (AvgIpc) is 3.59. The minimum absolute atomic E-state index is 0.0448. The zero-order valence-corrected chi connectivity index (χ0v) is 22.2. The van der Waals surface area contributed by atoms with Gasteiger partial charge in [-0.25, -0.2) is 0 Å². The van der Waals surface area contributed by atoms with Gasteiger partial charge in [0.15, 0.2) is 5.78 Å². The van der Waals surface area contributed by atoms with Crippen LogP contribution in [0.2, 0.25) is 0 Å². The Bertz CT molecular complexity index is 1560. The van der Waals surface area contributed by atoms with Crippen molar-refractivity contribution in [1.29, 1.82) is 0 Å². The number of amides is 2. The standard InChI is InChI=1S/C32H31N3O5/c1-20(36)33-25-12-10-23(11-13-25)28-18-24-16-21(9-14-27(24)34-28)17-30(37)29-8-5-15-35(29)32(40)26(19-31(38)39)22-6-3-2-4-7-22/h2-4,6-7,9-14,16,18,26,29,34H,5,8,15,17,19H2,1H3,(H,33,36)(H,38,39)/t26-,29+/m1/s1. The molecule has 1 aromatic heterocycles. The third kappa shape index (κ3) is 5.96. The van der Waals surface area contributed by atoms with E-state index in [0.29, 0.717) is 24.9 Å². The number of aliphatic carboxylic acids is 1. The lowest BCUT2D eigenvalue weighted by Crippen LogP contribution is -2.43. The molecule has 0 aliphatic carbocycles. The molecule has 2 amide bonds. The van der Waals surface area contributed by atoms with E-state index in [9.17, 15) is 24.3 Å². The first-order chi connectivity index (χ1) is 19.3. The Morgan fingerprint density at radius 2 is 1.75 bits per heavy atom. The number of ketones is 1. The molecule has 0 radical (unpaired) electrons. The fourth-order valence-electron chi connectivity index (χ4n) is 5.48. The van der Waals surface area contributed by atoms with Gasteiger partial charge in [-0.3, -0.25) is 19.2 Å². The van der Waals surface area contributed by atoms with Gasteiger partial charge in [-0.15, -0.1) is 0 Å². The van der Waals surface area contributed by atoms with Gasteiger partial charge in [0.25, 0.3) is 0 Å². The minimum Gasteiger partial charge on any atom is -0.481 e. The van der Waals surface area contributed by atoms with Crippen LogP contribution in [0.5, 0.6) is 0 Å². The molecule has 8 nitrogen and oxygen atoms in total. The van der Waals surface area contributed by atoms with Gasteiger partial charge in [-0.05, 0) is 59.9 Å². The number of aromatic amines is 1. The van der Waals surface area contributed by atoms with Crippen molar-refractivity contribution in [3.8, 4) is 11.3 Å². The number of aromatic nitrogens is 1. The number of carboxylic acid groups (broad SMARTS) is 1. The molecule has 2 heterocycles. The van der Waals surface area contributed by atoms with Crippen LogP contribution in [0, 0.1) is 0 Å². The van der Waals surface area contributed by atoms with Crippen LogP contribution in [0.4, 0.5) is 5.69 Å². The molecule has 0 bridgehead atoms. The summed E-state index contributed by atoms with van der Waals surface area (Å²) in [5.74, 6) is -2.35. The normalized spacial score (nSPS) is 15.6. The highest BCUT2D eigenvalue weighted by atomic mass is 16.4. The van der Waals surface area contributed by atoms with E-state index in [0.717, 1.165) is 33.4 Å². The quantitative estimate of drug-likeness (QED) is 0.273. The Morgan fingerprint density at radius 3 is 2.45 bits per heavy atom. The number of carbonyl (C=O) groups excluding carboxylic acids is 3. The van der Waals surface area contributed by atoms with Crippen molar-refractivity contribution in [2.45, 2.75) is 44.6 Å². The number of H-pyrrole nitrogens is 1. The van der Waals surface area contributed by atoms with Gasteiger partial charge in [0.1, 0.15) is 0 Å². The first-order valence-electron chi connectivity index (χ1n) is 13.4. The van der Waals surface area contributed by atoms with Crippen molar-refractivity contribution in [2.24, 2.45) is 0 Å². The Labute approximate surface area is 232 Å². The average molecular weight is 538 g/mol. The lowest BCUT2D eigenvalue weighted by molar-refractivity contribution is -0.143. The number of nitrogens with zero attached hydrogens (tertiary/aromatic N) is 1. The fourth-order valence-corrected chi connectivity index (χ4v) is 5.48. The number of hydrogen-bond donors (Lipinski definition) is 3. The van der Waals surface area contributed by atoms with Crippen molar-refractivity contribution in [3.05, 3.63) is 90.0 Å². The smallest absolute Gasteiger partial charge is 0.304 e. The van der Waals surface area contributed by atoms with Crippen LogP contribution in [0.3, 0.4) is 0 Å². The predicted molar refractivity (Wildman–Crippen MR) is 153 cm³/mol. The fraction of sp³-hybridized carbons (Fsp3) is 0.250. The molecular weight excluding hydrogens is 506 g/mol. The lowest BCUT2D eigenvalue weighted by atomic mass is 9.93. The first-order valence-corrected chi connectivity index (χ1v) is 13.4. The van der Waals surface area contributed by atoms with Crippen molar-refractivity contribution in [1.82, 2.24) is 9.88 Å². The van der Waals surface area contributed by atoms with E-state index in [1.54, 1.807) is 29.2 Å². The number of Topliss-reactive ketones (excluding diaryl/α,β-unsaturated/α-hetero) is 1. The van der Waals surface area contributed by atoms with Crippen LogP contribution in [-0.2, 0) is 25.6 Å². The number of rotatable bonds is 9. The zero-order chi connectivity index (χ0) is 28.2. The van der Waals surface area contributed by atoms with Gasteiger partial charge in [0.2, 0.25) is 11.8 Å². The second kappa shape index (κ2) is 11.6. The second-order valence-electron chi connectivity index (χ2n) is 10.3. The van der Waals surface area contributed by atoms with Gasteiger partial charge in [-0.2, -0.15) is 0 Å². The second-order valence-corrected chi connectivity index (χ2v) is 10.3. The van der Waals surface area contributed by atoms with Gasteiger partial charge in [0.05, 0.1) is 18.4 Å². The van der Waals surface area contributed by atoms with E-state index < -0.39 is 17.9 Å². The van der Waals surface area contributed by atoms with E-state index in [1.165, 1.54) is 6.92 Å². The molecular formula is C32H31N3O5. The van der Waals surface area contributed by atoms with Crippen molar-refractivity contribution in [2.75, 3.05) is 11.9 Å². The third-order valence-electron chi connectivity index (χ3n) is 7.37. The number of fused-ring (bicyclic) bond motifs is 1. The summed E-state index contributed by atoms with van der Waals surface area (Å²) in [6.45, 7) is 1.91. The maximum atomic E-state index is 13.5. The largest absolute Gasteiger partial charge is 0.481 e. The molecule has 0 saturated carbocycles. The molecule has 1 aliphatic heterocycles. The molecule has 0 unspecified atom stereocenters. The summed E-state index contributed by atoms with van der Waals surface area (Å²) in [5, 5.41) is 13.2. The molecule has 1 aliphatic rings. The zero-order valence-electron chi connectivity index (χ0n) is 22.2. The number of likely N-dealkylation sites (tertiary alicyclic amines) is 1. The lowest BCUT2D eigenvalue weighted by Gasteiger charge is -2.28. The number of anilines is 1. The monoisotopic (exact) mass is 537 g/mol.